The second-order valence-corrected chi connectivity index (χ2v) is 4.05. The number of hydrogen-bond donors (Lipinski definition) is 0. The Kier molecular flexibility index (Phi) is 3.79. The molecule has 0 aliphatic carbocycles. The molecule has 0 fully saturated rings. The Morgan fingerprint density at radius 2 is 2.05 bits per heavy atom. The molecule has 0 unspecified atom stereocenters. The number of halogens is 2. The average molecular weight is 276 g/mol. The first-order chi connectivity index (χ1) is 9.15. The summed E-state index contributed by atoms with van der Waals surface area (Å²) >= 11 is 5.64. The molecule has 5 heteroatoms. The summed E-state index contributed by atoms with van der Waals surface area (Å²) in [6, 6.07) is 10.5. The fraction of sp³-hybridized carbons (Fsp3) is 0. The van der Waals surface area contributed by atoms with Gasteiger partial charge in [0.1, 0.15) is 18.1 Å². The van der Waals surface area contributed by atoms with Gasteiger partial charge in [-0.25, -0.2) is 4.39 Å². The van der Waals surface area contributed by atoms with Crippen molar-refractivity contribution in [2.45, 2.75) is 0 Å². The Morgan fingerprint density at radius 3 is 2.74 bits per heavy atom. The topological polar surface area (TPSA) is 50.1 Å². The van der Waals surface area contributed by atoms with Gasteiger partial charge in [0.05, 0.1) is 10.6 Å². The van der Waals surface area contributed by atoms with Crippen LogP contribution >= 0.6 is 11.6 Å². The third-order valence-corrected chi connectivity index (χ3v) is 2.69. The summed E-state index contributed by atoms with van der Waals surface area (Å²) in [7, 11) is 0. The minimum Gasteiger partial charge on any atom is -0.453 e. The molecule has 2 rings (SSSR count). The lowest BCUT2D eigenvalue weighted by atomic mass is 10.1. The molecule has 0 spiro atoms. The van der Waals surface area contributed by atoms with E-state index in [1.54, 1.807) is 0 Å². The molecule has 0 radical (unpaired) electrons. The SMILES string of the molecule is N#Cc1cc(C=O)ccc1Oc1cccc(Cl)c1F. The third-order valence-electron chi connectivity index (χ3n) is 2.40. The van der Waals surface area contributed by atoms with Crippen LogP contribution in [0.3, 0.4) is 0 Å². The number of hydrogen-bond acceptors (Lipinski definition) is 3. The van der Waals surface area contributed by atoms with Gasteiger partial charge >= 0.3 is 0 Å². The molecular weight excluding hydrogens is 269 g/mol. The van der Waals surface area contributed by atoms with Crippen LogP contribution in [-0.2, 0) is 0 Å². The maximum atomic E-state index is 13.7. The highest BCUT2D eigenvalue weighted by molar-refractivity contribution is 6.30. The molecule has 19 heavy (non-hydrogen) atoms. The van der Waals surface area contributed by atoms with Crippen LogP contribution in [0.5, 0.6) is 11.5 Å². The number of benzene rings is 2. The van der Waals surface area contributed by atoms with E-state index in [-0.39, 0.29) is 22.1 Å². The summed E-state index contributed by atoms with van der Waals surface area (Å²) in [5, 5.41) is 8.91. The molecule has 0 aliphatic heterocycles. The molecule has 0 aromatic heterocycles. The average Bonchev–Trinajstić information content (AvgIpc) is 2.44. The van der Waals surface area contributed by atoms with Gasteiger partial charge in [0.15, 0.2) is 11.6 Å². The second-order valence-electron chi connectivity index (χ2n) is 3.64. The minimum absolute atomic E-state index is 0.0690. The maximum Gasteiger partial charge on any atom is 0.184 e. The molecule has 0 N–H and O–H groups in total. The van der Waals surface area contributed by atoms with E-state index < -0.39 is 5.82 Å². The predicted octanol–water partition coefficient (Wildman–Crippen LogP) is 3.96. The Labute approximate surface area is 113 Å². The van der Waals surface area contributed by atoms with Crippen LogP contribution in [0.4, 0.5) is 4.39 Å². The normalized spacial score (nSPS) is 9.74. The van der Waals surface area contributed by atoms with Crippen molar-refractivity contribution in [3.63, 3.8) is 0 Å². The quantitative estimate of drug-likeness (QED) is 0.797. The highest BCUT2D eigenvalue weighted by Gasteiger charge is 2.11. The number of nitriles is 1. The fourth-order valence-electron chi connectivity index (χ4n) is 1.48. The van der Waals surface area contributed by atoms with E-state index in [2.05, 4.69) is 0 Å². The van der Waals surface area contributed by atoms with Crippen LogP contribution in [0.15, 0.2) is 36.4 Å². The van der Waals surface area contributed by atoms with E-state index in [1.165, 1.54) is 36.4 Å². The molecule has 94 valence electrons. The van der Waals surface area contributed by atoms with Crippen LogP contribution < -0.4 is 4.74 Å². The monoisotopic (exact) mass is 275 g/mol. The van der Waals surface area contributed by atoms with Crippen molar-refractivity contribution < 1.29 is 13.9 Å². The van der Waals surface area contributed by atoms with Crippen molar-refractivity contribution in [3.8, 4) is 17.6 Å². The van der Waals surface area contributed by atoms with Gasteiger partial charge in [-0.15, -0.1) is 0 Å². The van der Waals surface area contributed by atoms with Crippen LogP contribution in [0.25, 0.3) is 0 Å². The first-order valence-electron chi connectivity index (χ1n) is 5.27. The number of ether oxygens (including phenoxy) is 1. The van der Waals surface area contributed by atoms with Crippen molar-refractivity contribution in [1.82, 2.24) is 0 Å². The van der Waals surface area contributed by atoms with Gasteiger partial charge in [-0.1, -0.05) is 17.7 Å². The van der Waals surface area contributed by atoms with Crippen LogP contribution in [0.2, 0.25) is 5.02 Å². The second kappa shape index (κ2) is 5.51. The standard InChI is InChI=1S/C14H7ClFNO2/c15-11-2-1-3-13(14(11)16)19-12-5-4-9(8-18)6-10(12)7-17/h1-6,8H. The fourth-order valence-corrected chi connectivity index (χ4v) is 1.64. The summed E-state index contributed by atoms with van der Waals surface area (Å²) in [5.41, 5.74) is 0.486. The number of carbonyl (C=O) groups is 1. The molecule has 0 heterocycles. The van der Waals surface area contributed by atoms with Crippen LogP contribution in [0.1, 0.15) is 15.9 Å². The van der Waals surface area contributed by atoms with E-state index in [9.17, 15) is 9.18 Å². The largest absolute Gasteiger partial charge is 0.453 e. The molecule has 2 aromatic rings. The third kappa shape index (κ3) is 2.72. The number of rotatable bonds is 3. The van der Waals surface area contributed by atoms with Gasteiger partial charge in [0.25, 0.3) is 0 Å². The molecule has 3 nitrogen and oxygen atoms in total. The van der Waals surface area contributed by atoms with Gasteiger partial charge in [-0.05, 0) is 30.3 Å². The van der Waals surface area contributed by atoms with Gasteiger partial charge < -0.3 is 4.74 Å². The lowest BCUT2D eigenvalue weighted by molar-refractivity contribution is 0.112. The molecule has 0 bridgehead atoms. The lowest BCUT2D eigenvalue weighted by Gasteiger charge is -2.09. The Bertz CT molecular complexity index is 680. The van der Waals surface area contributed by atoms with E-state index in [0.717, 1.165) is 0 Å². The van der Waals surface area contributed by atoms with Gasteiger partial charge in [-0.3, -0.25) is 4.79 Å². The molecule has 0 saturated heterocycles. The summed E-state index contributed by atoms with van der Waals surface area (Å²) in [5.74, 6) is -0.621. The molecule has 0 aliphatic rings. The summed E-state index contributed by atoms with van der Waals surface area (Å²) in [6.07, 6.45) is 0.616. The zero-order chi connectivity index (χ0) is 13.8. The van der Waals surface area contributed by atoms with Crippen molar-refractivity contribution in [1.29, 1.82) is 5.26 Å². The van der Waals surface area contributed by atoms with Crippen molar-refractivity contribution >= 4 is 17.9 Å². The number of nitrogens with zero attached hydrogens (tertiary/aromatic N) is 1. The Morgan fingerprint density at radius 1 is 1.26 bits per heavy atom. The molecule has 0 amide bonds. The molecular formula is C14H7ClFNO2. The first-order valence-corrected chi connectivity index (χ1v) is 5.64. The zero-order valence-corrected chi connectivity index (χ0v) is 10.3. The number of carbonyl (C=O) groups excluding carboxylic acids is 1. The van der Waals surface area contributed by atoms with Crippen LogP contribution in [-0.4, -0.2) is 6.29 Å². The Balaban J connectivity index is 2.41. The van der Waals surface area contributed by atoms with Gasteiger partial charge in [-0.2, -0.15) is 5.26 Å². The van der Waals surface area contributed by atoms with E-state index >= 15 is 0 Å². The first kappa shape index (κ1) is 13.1. The molecule has 2 aromatic carbocycles. The van der Waals surface area contributed by atoms with E-state index in [0.29, 0.717) is 11.8 Å². The van der Waals surface area contributed by atoms with Crippen LogP contribution in [0, 0.1) is 17.1 Å². The smallest absolute Gasteiger partial charge is 0.184 e. The predicted molar refractivity (Wildman–Crippen MR) is 68.0 cm³/mol. The Hall–Kier alpha value is -2.38. The van der Waals surface area contributed by atoms with E-state index in [4.69, 9.17) is 21.6 Å². The van der Waals surface area contributed by atoms with Crippen molar-refractivity contribution in [2.75, 3.05) is 0 Å². The number of aldehydes is 1. The van der Waals surface area contributed by atoms with E-state index in [1.807, 2.05) is 6.07 Å². The van der Waals surface area contributed by atoms with Crippen molar-refractivity contribution in [2.24, 2.45) is 0 Å². The minimum atomic E-state index is -0.701. The zero-order valence-electron chi connectivity index (χ0n) is 9.56. The van der Waals surface area contributed by atoms with Gasteiger partial charge in [0.2, 0.25) is 0 Å². The highest BCUT2D eigenvalue weighted by atomic mass is 35.5. The summed E-state index contributed by atoms with van der Waals surface area (Å²) in [6.45, 7) is 0. The summed E-state index contributed by atoms with van der Waals surface area (Å²) < 4.78 is 19.0. The molecule has 0 atom stereocenters. The maximum absolute atomic E-state index is 13.7. The van der Waals surface area contributed by atoms with Gasteiger partial charge in [0, 0.05) is 5.56 Å². The van der Waals surface area contributed by atoms with Crippen molar-refractivity contribution in [3.05, 3.63) is 58.4 Å². The lowest BCUT2D eigenvalue weighted by Crippen LogP contribution is -1.93. The highest BCUT2D eigenvalue weighted by Crippen LogP contribution is 2.30. The summed E-state index contributed by atoms with van der Waals surface area (Å²) in [4.78, 5) is 10.6. The molecule has 0 saturated carbocycles.